The van der Waals surface area contributed by atoms with E-state index >= 15 is 0 Å². The number of likely N-dealkylation sites (N-methyl/N-ethyl adjacent to an activating group) is 1. The number of ether oxygens (including phenoxy) is 1. The lowest BCUT2D eigenvalue weighted by Crippen LogP contribution is -2.32. The molecule has 1 aromatic carbocycles. The van der Waals surface area contributed by atoms with Crippen molar-refractivity contribution in [2.45, 2.75) is 6.10 Å². The molecular formula is C13H17N3O2. The van der Waals surface area contributed by atoms with E-state index in [0.29, 0.717) is 13.2 Å². The third-order valence-electron chi connectivity index (χ3n) is 2.67. The van der Waals surface area contributed by atoms with Crippen LogP contribution < -0.4 is 4.90 Å². The monoisotopic (exact) mass is 247 g/mol. The molecule has 1 N–H and O–H groups in total. The van der Waals surface area contributed by atoms with Gasteiger partial charge in [0, 0.05) is 20.7 Å². The van der Waals surface area contributed by atoms with Gasteiger partial charge in [-0.3, -0.25) is 4.98 Å². The van der Waals surface area contributed by atoms with Crippen LogP contribution in [0.3, 0.4) is 0 Å². The molecule has 5 nitrogen and oxygen atoms in total. The largest absolute Gasteiger partial charge is 0.389 e. The van der Waals surface area contributed by atoms with Crippen LogP contribution >= 0.6 is 0 Å². The van der Waals surface area contributed by atoms with Crippen molar-refractivity contribution in [2.75, 3.05) is 32.2 Å². The maximum absolute atomic E-state index is 9.68. The van der Waals surface area contributed by atoms with Crippen molar-refractivity contribution in [1.29, 1.82) is 0 Å². The van der Waals surface area contributed by atoms with Gasteiger partial charge >= 0.3 is 0 Å². The molecule has 1 unspecified atom stereocenters. The zero-order valence-electron chi connectivity index (χ0n) is 10.6. The molecule has 0 aliphatic rings. The van der Waals surface area contributed by atoms with Crippen LogP contribution in [0.15, 0.2) is 30.5 Å². The van der Waals surface area contributed by atoms with Gasteiger partial charge in [-0.25, -0.2) is 4.98 Å². The second kappa shape index (κ2) is 5.75. The van der Waals surface area contributed by atoms with Crippen molar-refractivity contribution < 1.29 is 9.84 Å². The summed E-state index contributed by atoms with van der Waals surface area (Å²) in [6.45, 7) is 0.770. The SMILES string of the molecule is COCC(O)CN(C)c1cnc2ccccc2n1. The van der Waals surface area contributed by atoms with Gasteiger partial charge < -0.3 is 14.7 Å². The maximum Gasteiger partial charge on any atom is 0.147 e. The van der Waals surface area contributed by atoms with Gasteiger partial charge in [-0.2, -0.15) is 0 Å². The topological polar surface area (TPSA) is 58.5 Å². The van der Waals surface area contributed by atoms with Gasteiger partial charge in [0.05, 0.1) is 29.9 Å². The number of hydrogen-bond acceptors (Lipinski definition) is 5. The highest BCUT2D eigenvalue weighted by atomic mass is 16.5. The van der Waals surface area contributed by atoms with E-state index in [-0.39, 0.29) is 0 Å². The number of aliphatic hydroxyl groups excluding tert-OH is 1. The molecule has 0 radical (unpaired) electrons. The van der Waals surface area contributed by atoms with Gasteiger partial charge in [-0.1, -0.05) is 12.1 Å². The molecular weight excluding hydrogens is 230 g/mol. The minimum atomic E-state index is -0.534. The minimum absolute atomic E-state index is 0.311. The fourth-order valence-corrected chi connectivity index (χ4v) is 1.79. The normalized spacial score (nSPS) is 12.6. The molecule has 18 heavy (non-hydrogen) atoms. The fourth-order valence-electron chi connectivity index (χ4n) is 1.79. The number of aliphatic hydroxyl groups is 1. The van der Waals surface area contributed by atoms with E-state index in [1.54, 1.807) is 13.3 Å². The first kappa shape index (κ1) is 12.7. The van der Waals surface area contributed by atoms with Gasteiger partial charge in [0.15, 0.2) is 0 Å². The third kappa shape index (κ3) is 2.94. The predicted molar refractivity (Wildman–Crippen MR) is 70.7 cm³/mol. The summed E-state index contributed by atoms with van der Waals surface area (Å²) in [4.78, 5) is 10.7. The Hall–Kier alpha value is -1.72. The Bertz CT molecular complexity index is 518. The first-order chi connectivity index (χ1) is 8.70. The second-order valence-corrected chi connectivity index (χ2v) is 4.21. The molecule has 0 fully saturated rings. The third-order valence-corrected chi connectivity index (χ3v) is 2.67. The molecule has 1 aromatic heterocycles. The summed E-state index contributed by atoms with van der Waals surface area (Å²) < 4.78 is 4.90. The van der Waals surface area contributed by atoms with Crippen LogP contribution in [-0.2, 0) is 4.74 Å². The molecule has 1 atom stereocenters. The average molecular weight is 247 g/mol. The Labute approximate surface area is 106 Å². The van der Waals surface area contributed by atoms with Crippen LogP contribution in [0.1, 0.15) is 0 Å². The van der Waals surface area contributed by atoms with Crippen LogP contribution in [0.2, 0.25) is 0 Å². The number of anilines is 1. The summed E-state index contributed by atoms with van der Waals surface area (Å²) in [6, 6.07) is 7.71. The van der Waals surface area contributed by atoms with Gasteiger partial charge in [0.25, 0.3) is 0 Å². The summed E-state index contributed by atoms with van der Waals surface area (Å²) in [7, 11) is 3.44. The van der Waals surface area contributed by atoms with E-state index in [0.717, 1.165) is 16.9 Å². The van der Waals surface area contributed by atoms with Gasteiger partial charge in [0.1, 0.15) is 5.82 Å². The van der Waals surface area contributed by atoms with Crippen LogP contribution in [0.4, 0.5) is 5.82 Å². The first-order valence-corrected chi connectivity index (χ1v) is 5.80. The number of methoxy groups -OCH3 is 1. The van der Waals surface area contributed by atoms with E-state index in [1.807, 2.05) is 36.2 Å². The Balaban J connectivity index is 2.15. The molecule has 0 saturated heterocycles. The van der Waals surface area contributed by atoms with Crippen molar-refractivity contribution in [3.05, 3.63) is 30.5 Å². The molecule has 2 rings (SSSR count). The number of benzene rings is 1. The summed E-state index contributed by atoms with van der Waals surface area (Å²) in [5.41, 5.74) is 1.72. The van der Waals surface area contributed by atoms with E-state index in [2.05, 4.69) is 9.97 Å². The average Bonchev–Trinajstić information content (AvgIpc) is 2.38. The molecule has 0 aliphatic heterocycles. The van der Waals surface area contributed by atoms with Crippen molar-refractivity contribution in [3.63, 3.8) is 0 Å². The lowest BCUT2D eigenvalue weighted by molar-refractivity contribution is 0.0694. The predicted octanol–water partition coefficient (Wildman–Crippen LogP) is 1.07. The summed E-state index contributed by atoms with van der Waals surface area (Å²) in [6.07, 6.45) is 1.18. The summed E-state index contributed by atoms with van der Waals surface area (Å²) in [5.74, 6) is 0.740. The first-order valence-electron chi connectivity index (χ1n) is 5.80. The molecule has 0 spiro atoms. The van der Waals surface area contributed by atoms with Crippen LogP contribution in [0, 0.1) is 0 Å². The number of aromatic nitrogens is 2. The van der Waals surface area contributed by atoms with E-state index in [9.17, 15) is 5.11 Å². The van der Waals surface area contributed by atoms with Crippen molar-refractivity contribution in [1.82, 2.24) is 9.97 Å². The summed E-state index contributed by atoms with van der Waals surface area (Å²) in [5, 5.41) is 9.68. The zero-order valence-corrected chi connectivity index (χ0v) is 10.6. The molecule has 5 heteroatoms. The smallest absolute Gasteiger partial charge is 0.147 e. The van der Waals surface area contributed by atoms with Gasteiger partial charge in [-0.05, 0) is 12.1 Å². The highest BCUT2D eigenvalue weighted by molar-refractivity contribution is 5.75. The molecule has 2 aromatic rings. The van der Waals surface area contributed by atoms with E-state index < -0.39 is 6.10 Å². The minimum Gasteiger partial charge on any atom is -0.389 e. The van der Waals surface area contributed by atoms with Crippen molar-refractivity contribution in [3.8, 4) is 0 Å². The van der Waals surface area contributed by atoms with Crippen molar-refractivity contribution in [2.24, 2.45) is 0 Å². The highest BCUT2D eigenvalue weighted by Crippen LogP contribution is 2.14. The Morgan fingerprint density at radius 3 is 2.78 bits per heavy atom. The Morgan fingerprint density at radius 2 is 2.06 bits per heavy atom. The fraction of sp³-hybridized carbons (Fsp3) is 0.385. The summed E-state index contributed by atoms with van der Waals surface area (Å²) >= 11 is 0. The highest BCUT2D eigenvalue weighted by Gasteiger charge is 2.10. The van der Waals surface area contributed by atoms with Crippen LogP contribution in [-0.4, -0.2) is 48.5 Å². The molecule has 0 aliphatic carbocycles. The number of para-hydroxylation sites is 2. The molecule has 0 bridgehead atoms. The molecule has 0 amide bonds. The Kier molecular flexibility index (Phi) is 4.07. The molecule has 1 heterocycles. The lowest BCUT2D eigenvalue weighted by atomic mass is 10.3. The van der Waals surface area contributed by atoms with Crippen LogP contribution in [0.5, 0.6) is 0 Å². The Morgan fingerprint density at radius 1 is 1.33 bits per heavy atom. The number of hydrogen-bond donors (Lipinski definition) is 1. The van der Waals surface area contributed by atoms with Gasteiger partial charge in [-0.15, -0.1) is 0 Å². The van der Waals surface area contributed by atoms with E-state index in [4.69, 9.17) is 4.74 Å². The van der Waals surface area contributed by atoms with Crippen molar-refractivity contribution >= 4 is 16.9 Å². The molecule has 0 saturated carbocycles. The molecule has 96 valence electrons. The number of fused-ring (bicyclic) bond motifs is 1. The number of nitrogens with zero attached hydrogens (tertiary/aromatic N) is 3. The van der Waals surface area contributed by atoms with Gasteiger partial charge in [0.2, 0.25) is 0 Å². The second-order valence-electron chi connectivity index (χ2n) is 4.21. The maximum atomic E-state index is 9.68. The zero-order chi connectivity index (χ0) is 13.0. The quantitative estimate of drug-likeness (QED) is 0.856. The standard InChI is InChI=1S/C13H17N3O2/c1-16(8-10(17)9-18-2)13-7-14-11-5-3-4-6-12(11)15-13/h3-7,10,17H,8-9H2,1-2H3. The van der Waals surface area contributed by atoms with Crippen LogP contribution in [0.25, 0.3) is 11.0 Å². The number of rotatable bonds is 5. The lowest BCUT2D eigenvalue weighted by Gasteiger charge is -2.21. The van der Waals surface area contributed by atoms with E-state index in [1.165, 1.54) is 0 Å².